The Hall–Kier alpha value is -1.57. The van der Waals surface area contributed by atoms with Crippen LogP contribution in [0.3, 0.4) is 0 Å². The van der Waals surface area contributed by atoms with Crippen molar-refractivity contribution in [2.24, 2.45) is 11.3 Å². The molecule has 18 heavy (non-hydrogen) atoms. The van der Waals surface area contributed by atoms with Gasteiger partial charge in [-0.25, -0.2) is 0 Å². The zero-order valence-corrected chi connectivity index (χ0v) is 10.4. The van der Waals surface area contributed by atoms with E-state index in [0.29, 0.717) is 32.2 Å². The van der Waals surface area contributed by atoms with Crippen molar-refractivity contribution in [3.8, 4) is 6.07 Å². The summed E-state index contributed by atoms with van der Waals surface area (Å²) in [6, 6.07) is 2.18. The standard InChI is InChI=1S/C13H18N2O3/c14-9-13(5-1-2-6-13)12(18)15-7-3-4-10(8-15)11(16)17/h10H,1-8H2,(H,16,17)/t10-/m0/s1. The van der Waals surface area contributed by atoms with E-state index in [4.69, 9.17) is 5.11 Å². The molecule has 0 radical (unpaired) electrons. The molecule has 1 N–H and O–H groups in total. The SMILES string of the molecule is N#CC1(C(=O)N2CCC[C@H](C(=O)O)C2)CCCC1. The van der Waals surface area contributed by atoms with E-state index in [1.54, 1.807) is 4.90 Å². The van der Waals surface area contributed by atoms with Gasteiger partial charge >= 0.3 is 5.97 Å². The normalized spacial score (nSPS) is 26.6. The van der Waals surface area contributed by atoms with E-state index in [0.717, 1.165) is 12.8 Å². The van der Waals surface area contributed by atoms with E-state index >= 15 is 0 Å². The molecule has 2 rings (SSSR count). The predicted molar refractivity (Wildman–Crippen MR) is 63.5 cm³/mol. The maximum atomic E-state index is 12.4. The largest absolute Gasteiger partial charge is 0.481 e. The van der Waals surface area contributed by atoms with Crippen LogP contribution in [0.25, 0.3) is 0 Å². The molecular weight excluding hydrogens is 232 g/mol. The fourth-order valence-electron chi connectivity index (χ4n) is 3.02. The summed E-state index contributed by atoms with van der Waals surface area (Å²) in [6.45, 7) is 0.851. The second-order valence-corrected chi connectivity index (χ2v) is 5.33. The third-order valence-electron chi connectivity index (χ3n) is 4.14. The first-order valence-corrected chi connectivity index (χ1v) is 6.52. The topological polar surface area (TPSA) is 81.4 Å². The molecule has 1 saturated carbocycles. The highest BCUT2D eigenvalue weighted by atomic mass is 16.4. The molecule has 1 heterocycles. The van der Waals surface area contributed by atoms with Crippen LogP contribution in [0, 0.1) is 22.7 Å². The fourth-order valence-corrected chi connectivity index (χ4v) is 3.02. The molecule has 1 atom stereocenters. The number of nitrogens with zero attached hydrogens (tertiary/aromatic N) is 2. The summed E-state index contributed by atoms with van der Waals surface area (Å²) < 4.78 is 0. The van der Waals surface area contributed by atoms with E-state index in [1.165, 1.54) is 0 Å². The number of carbonyl (C=O) groups is 2. The van der Waals surface area contributed by atoms with E-state index in [-0.39, 0.29) is 12.5 Å². The predicted octanol–water partition coefficient (Wildman–Crippen LogP) is 1.39. The van der Waals surface area contributed by atoms with Gasteiger partial charge in [0.1, 0.15) is 5.41 Å². The van der Waals surface area contributed by atoms with E-state index in [1.807, 2.05) is 0 Å². The molecule has 0 aromatic heterocycles. The Labute approximate surface area is 106 Å². The summed E-state index contributed by atoms with van der Waals surface area (Å²) in [5, 5.41) is 18.3. The highest BCUT2D eigenvalue weighted by Crippen LogP contribution is 2.39. The Morgan fingerprint density at radius 1 is 1.28 bits per heavy atom. The molecule has 98 valence electrons. The van der Waals surface area contributed by atoms with E-state index < -0.39 is 17.3 Å². The van der Waals surface area contributed by atoms with Gasteiger partial charge in [0, 0.05) is 13.1 Å². The van der Waals surface area contributed by atoms with Crippen LogP contribution in [-0.4, -0.2) is 35.0 Å². The zero-order valence-electron chi connectivity index (χ0n) is 10.4. The number of piperidine rings is 1. The molecule has 0 unspecified atom stereocenters. The summed E-state index contributed by atoms with van der Waals surface area (Å²) in [6.07, 6.45) is 4.40. The number of rotatable bonds is 2. The van der Waals surface area contributed by atoms with Crippen LogP contribution in [0.4, 0.5) is 0 Å². The number of amides is 1. The summed E-state index contributed by atoms with van der Waals surface area (Å²) in [4.78, 5) is 25.0. The molecule has 2 aliphatic rings. The number of hydrogen-bond donors (Lipinski definition) is 1. The minimum atomic E-state index is -0.875. The van der Waals surface area contributed by atoms with Crippen LogP contribution in [0.5, 0.6) is 0 Å². The van der Waals surface area contributed by atoms with Gasteiger partial charge in [-0.05, 0) is 25.7 Å². The van der Waals surface area contributed by atoms with Crippen LogP contribution in [0.15, 0.2) is 0 Å². The van der Waals surface area contributed by atoms with Gasteiger partial charge < -0.3 is 10.0 Å². The van der Waals surface area contributed by atoms with Gasteiger partial charge in [0.15, 0.2) is 0 Å². The number of nitriles is 1. The minimum Gasteiger partial charge on any atom is -0.481 e. The van der Waals surface area contributed by atoms with Crippen LogP contribution in [0.2, 0.25) is 0 Å². The Morgan fingerprint density at radius 2 is 1.94 bits per heavy atom. The van der Waals surface area contributed by atoms with Gasteiger partial charge in [0.05, 0.1) is 12.0 Å². The van der Waals surface area contributed by atoms with Crippen molar-refractivity contribution in [2.45, 2.75) is 38.5 Å². The number of carbonyl (C=O) groups excluding carboxylic acids is 1. The van der Waals surface area contributed by atoms with Crippen molar-refractivity contribution in [3.05, 3.63) is 0 Å². The minimum absolute atomic E-state index is 0.145. The van der Waals surface area contributed by atoms with Crippen LogP contribution in [0.1, 0.15) is 38.5 Å². The Morgan fingerprint density at radius 3 is 2.50 bits per heavy atom. The molecule has 1 aliphatic carbocycles. The Bertz CT molecular complexity index is 394. The number of likely N-dealkylation sites (tertiary alicyclic amines) is 1. The number of hydrogen-bond acceptors (Lipinski definition) is 3. The molecule has 1 amide bonds. The lowest BCUT2D eigenvalue weighted by atomic mass is 9.85. The summed E-state index contributed by atoms with van der Waals surface area (Å²) in [5.41, 5.74) is -0.875. The Balaban J connectivity index is 2.09. The van der Waals surface area contributed by atoms with Crippen molar-refractivity contribution in [2.75, 3.05) is 13.1 Å². The maximum Gasteiger partial charge on any atom is 0.308 e. The van der Waals surface area contributed by atoms with Gasteiger partial charge in [-0.1, -0.05) is 12.8 Å². The molecule has 1 aliphatic heterocycles. The lowest BCUT2D eigenvalue weighted by Crippen LogP contribution is -2.48. The molecule has 0 bridgehead atoms. The molecule has 0 aromatic carbocycles. The lowest BCUT2D eigenvalue weighted by molar-refractivity contribution is -0.148. The smallest absolute Gasteiger partial charge is 0.308 e. The van der Waals surface area contributed by atoms with Crippen molar-refractivity contribution >= 4 is 11.9 Å². The Kier molecular flexibility index (Phi) is 3.55. The molecule has 0 aromatic rings. The highest BCUT2D eigenvalue weighted by molar-refractivity contribution is 5.86. The average molecular weight is 250 g/mol. The lowest BCUT2D eigenvalue weighted by Gasteiger charge is -2.35. The second-order valence-electron chi connectivity index (χ2n) is 5.33. The van der Waals surface area contributed by atoms with Gasteiger partial charge in [-0.3, -0.25) is 9.59 Å². The highest BCUT2D eigenvalue weighted by Gasteiger charge is 2.45. The molecule has 0 spiro atoms. The second kappa shape index (κ2) is 4.97. The molecular formula is C13H18N2O3. The van der Waals surface area contributed by atoms with Gasteiger partial charge in [0.25, 0.3) is 0 Å². The molecule has 1 saturated heterocycles. The van der Waals surface area contributed by atoms with Crippen LogP contribution < -0.4 is 0 Å². The summed E-state index contributed by atoms with van der Waals surface area (Å²) in [5.74, 6) is -1.46. The molecule has 5 heteroatoms. The van der Waals surface area contributed by atoms with Crippen molar-refractivity contribution in [1.29, 1.82) is 5.26 Å². The summed E-state index contributed by atoms with van der Waals surface area (Å²) >= 11 is 0. The van der Waals surface area contributed by atoms with Gasteiger partial charge in [0.2, 0.25) is 5.91 Å². The molecule has 2 fully saturated rings. The molecule has 5 nitrogen and oxygen atoms in total. The van der Waals surface area contributed by atoms with Crippen molar-refractivity contribution in [1.82, 2.24) is 4.90 Å². The monoisotopic (exact) mass is 250 g/mol. The van der Waals surface area contributed by atoms with E-state index in [9.17, 15) is 14.9 Å². The first-order chi connectivity index (χ1) is 8.59. The maximum absolute atomic E-state index is 12.4. The third kappa shape index (κ3) is 2.20. The average Bonchev–Trinajstić information content (AvgIpc) is 2.88. The van der Waals surface area contributed by atoms with Gasteiger partial charge in [-0.15, -0.1) is 0 Å². The summed E-state index contributed by atoms with van der Waals surface area (Å²) in [7, 11) is 0. The number of carboxylic acid groups (broad SMARTS) is 1. The van der Waals surface area contributed by atoms with Gasteiger partial charge in [-0.2, -0.15) is 5.26 Å². The van der Waals surface area contributed by atoms with Crippen molar-refractivity contribution in [3.63, 3.8) is 0 Å². The van der Waals surface area contributed by atoms with E-state index in [2.05, 4.69) is 6.07 Å². The third-order valence-corrected chi connectivity index (χ3v) is 4.14. The van der Waals surface area contributed by atoms with Crippen LogP contribution in [-0.2, 0) is 9.59 Å². The first-order valence-electron chi connectivity index (χ1n) is 6.52. The number of aliphatic carboxylic acids is 1. The van der Waals surface area contributed by atoms with Crippen molar-refractivity contribution < 1.29 is 14.7 Å². The zero-order chi connectivity index (χ0) is 13.2. The number of carboxylic acids is 1. The quantitative estimate of drug-likeness (QED) is 0.803. The fraction of sp³-hybridized carbons (Fsp3) is 0.769. The van der Waals surface area contributed by atoms with Crippen LogP contribution >= 0.6 is 0 Å². The first kappa shape index (κ1) is 12.9.